The second kappa shape index (κ2) is 6.43. The fraction of sp³-hybridized carbons (Fsp3) is 0.263. The fourth-order valence-electron chi connectivity index (χ4n) is 3.52. The van der Waals surface area contributed by atoms with Gasteiger partial charge < -0.3 is 4.90 Å². The molecule has 2 heterocycles. The van der Waals surface area contributed by atoms with Gasteiger partial charge in [-0.25, -0.2) is 23.1 Å². The average molecular weight is 388 g/mol. The summed E-state index contributed by atoms with van der Waals surface area (Å²) in [5.74, 6) is -2.47. The molecule has 6 nitrogen and oxygen atoms in total. The molecule has 1 spiro atoms. The predicted molar refractivity (Wildman–Crippen MR) is 94.3 cm³/mol. The van der Waals surface area contributed by atoms with E-state index in [1.807, 2.05) is 0 Å². The van der Waals surface area contributed by atoms with Gasteiger partial charge in [-0.15, -0.1) is 0 Å². The summed E-state index contributed by atoms with van der Waals surface area (Å²) in [7, 11) is 0. The summed E-state index contributed by atoms with van der Waals surface area (Å²) < 4.78 is 40.6. The van der Waals surface area contributed by atoms with Gasteiger partial charge in [0.15, 0.2) is 5.82 Å². The average Bonchev–Trinajstić information content (AvgIpc) is 3.30. The topological polar surface area (TPSA) is 75.2 Å². The van der Waals surface area contributed by atoms with Gasteiger partial charge >= 0.3 is 0 Å². The molecule has 0 saturated heterocycles. The standard InChI is InChI=1S/C19H15F3N4O2/c1-10(20)11-2-3-13-14(4-11)19(5-15(19)22)9-26(17(13)28)8-16(27)25-18-23-6-12(21)7-24-18/h2-4,6-7,15H,1,5,8-9H2,(H,23,24,25,27)/t15-,19+/m1/s1. The SMILES string of the molecule is C=C(F)c1ccc2c(c1)[C@]1(C[C@H]1F)CN(CC(=O)Nc1ncc(F)cn1)C2=O. The second-order valence-corrected chi connectivity index (χ2v) is 6.93. The lowest BCUT2D eigenvalue weighted by Gasteiger charge is -2.34. The molecule has 4 rings (SSSR count). The first-order chi connectivity index (χ1) is 13.3. The highest BCUT2D eigenvalue weighted by Crippen LogP contribution is 2.54. The number of alkyl halides is 1. The van der Waals surface area contributed by atoms with Crippen LogP contribution in [0.1, 0.15) is 27.9 Å². The van der Waals surface area contributed by atoms with E-state index in [0.717, 1.165) is 12.4 Å². The summed E-state index contributed by atoms with van der Waals surface area (Å²) >= 11 is 0. The first-order valence-corrected chi connectivity index (χ1v) is 8.50. The minimum Gasteiger partial charge on any atom is -0.328 e. The Bertz CT molecular complexity index is 995. The number of hydrogen-bond donors (Lipinski definition) is 1. The molecule has 2 amide bonds. The highest BCUT2D eigenvalue weighted by Gasteiger charge is 2.61. The van der Waals surface area contributed by atoms with Crippen molar-refractivity contribution < 1.29 is 22.8 Å². The molecule has 1 aliphatic heterocycles. The summed E-state index contributed by atoms with van der Waals surface area (Å²) in [5, 5.41) is 2.37. The van der Waals surface area contributed by atoms with E-state index >= 15 is 0 Å². The Labute approximate surface area is 158 Å². The maximum absolute atomic E-state index is 14.3. The van der Waals surface area contributed by atoms with Crippen LogP contribution in [0.2, 0.25) is 0 Å². The van der Waals surface area contributed by atoms with E-state index in [-0.39, 0.29) is 36.6 Å². The third-order valence-electron chi connectivity index (χ3n) is 5.05. The Balaban J connectivity index is 1.57. The van der Waals surface area contributed by atoms with Gasteiger partial charge in [-0.2, -0.15) is 0 Å². The smallest absolute Gasteiger partial charge is 0.254 e. The molecule has 1 fully saturated rings. The number of anilines is 1. The van der Waals surface area contributed by atoms with E-state index in [9.17, 15) is 22.8 Å². The van der Waals surface area contributed by atoms with E-state index < -0.39 is 35.0 Å². The molecule has 0 bridgehead atoms. The van der Waals surface area contributed by atoms with E-state index in [0.29, 0.717) is 5.56 Å². The van der Waals surface area contributed by atoms with Gasteiger partial charge in [0.05, 0.1) is 12.4 Å². The van der Waals surface area contributed by atoms with Gasteiger partial charge in [-0.3, -0.25) is 14.9 Å². The number of nitrogens with one attached hydrogen (secondary N) is 1. The van der Waals surface area contributed by atoms with E-state index in [1.165, 1.54) is 23.1 Å². The first kappa shape index (κ1) is 18.1. The summed E-state index contributed by atoms with van der Waals surface area (Å²) in [6.07, 6.45) is 0.796. The molecule has 0 unspecified atom stereocenters. The van der Waals surface area contributed by atoms with Gasteiger partial charge in [-0.05, 0) is 24.1 Å². The Hall–Kier alpha value is -3.23. The van der Waals surface area contributed by atoms with Crippen molar-refractivity contribution in [2.75, 3.05) is 18.4 Å². The zero-order valence-corrected chi connectivity index (χ0v) is 14.6. The van der Waals surface area contributed by atoms with Crippen molar-refractivity contribution in [2.24, 2.45) is 0 Å². The fourth-order valence-corrected chi connectivity index (χ4v) is 3.52. The lowest BCUT2D eigenvalue weighted by Crippen LogP contribution is -2.47. The molecular formula is C19H15F3N4O2. The van der Waals surface area contributed by atoms with Crippen molar-refractivity contribution in [1.29, 1.82) is 0 Å². The molecule has 2 atom stereocenters. The molecule has 28 heavy (non-hydrogen) atoms. The Morgan fingerprint density at radius 2 is 2.04 bits per heavy atom. The normalized spacial score (nSPS) is 22.8. The van der Waals surface area contributed by atoms with Crippen LogP contribution in [-0.2, 0) is 10.2 Å². The molecule has 2 aromatic rings. The minimum absolute atomic E-state index is 0.0000891. The Morgan fingerprint density at radius 1 is 1.36 bits per heavy atom. The van der Waals surface area contributed by atoms with Crippen LogP contribution >= 0.6 is 0 Å². The van der Waals surface area contributed by atoms with Crippen LogP contribution < -0.4 is 5.32 Å². The van der Waals surface area contributed by atoms with Gasteiger partial charge in [0.25, 0.3) is 5.91 Å². The maximum atomic E-state index is 14.3. The molecule has 2 aliphatic rings. The van der Waals surface area contributed by atoms with Gasteiger partial charge in [0.2, 0.25) is 11.9 Å². The highest BCUT2D eigenvalue weighted by molar-refractivity contribution is 6.01. The number of benzene rings is 1. The van der Waals surface area contributed by atoms with Crippen LogP contribution in [0.4, 0.5) is 19.1 Å². The summed E-state index contributed by atoms with van der Waals surface area (Å²) in [5.41, 5.74) is -0.0619. The zero-order valence-electron chi connectivity index (χ0n) is 14.6. The van der Waals surface area contributed by atoms with Crippen LogP contribution in [-0.4, -0.2) is 45.9 Å². The number of hydrogen-bond acceptors (Lipinski definition) is 4. The van der Waals surface area contributed by atoms with Crippen LogP contribution in [0.3, 0.4) is 0 Å². The van der Waals surface area contributed by atoms with Gasteiger partial charge in [-0.1, -0.05) is 12.6 Å². The van der Waals surface area contributed by atoms with E-state index in [4.69, 9.17) is 0 Å². The lowest BCUT2D eigenvalue weighted by molar-refractivity contribution is -0.117. The van der Waals surface area contributed by atoms with Gasteiger partial charge in [0.1, 0.15) is 18.5 Å². The Morgan fingerprint density at radius 3 is 2.64 bits per heavy atom. The monoisotopic (exact) mass is 388 g/mol. The number of carbonyl (C=O) groups is 2. The predicted octanol–water partition coefficient (Wildman–Crippen LogP) is 2.63. The molecule has 9 heteroatoms. The van der Waals surface area contributed by atoms with Crippen molar-refractivity contribution in [3.05, 3.63) is 59.7 Å². The van der Waals surface area contributed by atoms with Crippen LogP contribution in [0.25, 0.3) is 5.83 Å². The van der Waals surface area contributed by atoms with Gasteiger partial charge in [0, 0.05) is 23.1 Å². The number of fused-ring (bicyclic) bond motifs is 2. The third kappa shape index (κ3) is 3.02. The number of carbonyl (C=O) groups excluding carboxylic acids is 2. The molecule has 1 aromatic heterocycles. The molecule has 1 aliphatic carbocycles. The largest absolute Gasteiger partial charge is 0.328 e. The molecule has 1 saturated carbocycles. The number of halogens is 3. The van der Waals surface area contributed by atoms with Crippen molar-refractivity contribution in [2.45, 2.75) is 18.0 Å². The summed E-state index contributed by atoms with van der Waals surface area (Å²) in [4.78, 5) is 33.5. The quantitative estimate of drug-likeness (QED) is 0.874. The second-order valence-electron chi connectivity index (χ2n) is 6.93. The van der Waals surface area contributed by atoms with Crippen LogP contribution in [0, 0.1) is 5.82 Å². The number of amides is 2. The number of nitrogens with zero attached hydrogens (tertiary/aromatic N) is 3. The van der Waals surface area contributed by atoms with Crippen LogP contribution in [0.15, 0.2) is 37.2 Å². The molecule has 144 valence electrons. The molecule has 0 radical (unpaired) electrons. The highest BCUT2D eigenvalue weighted by atomic mass is 19.1. The Kier molecular flexibility index (Phi) is 4.17. The third-order valence-corrected chi connectivity index (χ3v) is 5.05. The number of aromatic nitrogens is 2. The first-order valence-electron chi connectivity index (χ1n) is 8.50. The zero-order chi connectivity index (χ0) is 20.1. The molecular weight excluding hydrogens is 373 g/mol. The summed E-state index contributed by atoms with van der Waals surface area (Å²) in [6.45, 7) is 2.89. The minimum atomic E-state index is -1.19. The number of rotatable bonds is 4. The molecule has 1 N–H and O–H groups in total. The van der Waals surface area contributed by atoms with E-state index in [1.54, 1.807) is 0 Å². The lowest BCUT2D eigenvalue weighted by atomic mass is 9.85. The van der Waals surface area contributed by atoms with E-state index in [2.05, 4.69) is 21.9 Å². The molecule has 1 aromatic carbocycles. The van der Waals surface area contributed by atoms with Crippen molar-refractivity contribution in [1.82, 2.24) is 14.9 Å². The summed E-state index contributed by atoms with van der Waals surface area (Å²) in [6, 6.07) is 4.29. The van der Waals surface area contributed by atoms with Crippen molar-refractivity contribution in [3.63, 3.8) is 0 Å². The van der Waals surface area contributed by atoms with Crippen molar-refractivity contribution in [3.8, 4) is 0 Å². The van der Waals surface area contributed by atoms with Crippen molar-refractivity contribution >= 4 is 23.6 Å². The maximum Gasteiger partial charge on any atom is 0.254 e. The van der Waals surface area contributed by atoms with Crippen LogP contribution in [0.5, 0.6) is 0 Å².